The summed E-state index contributed by atoms with van der Waals surface area (Å²) in [6.45, 7) is 0. The number of hydrogen-bond acceptors (Lipinski definition) is 1. The second-order valence-electron chi connectivity index (χ2n) is 5.44. The molecule has 1 aliphatic rings. The van der Waals surface area contributed by atoms with Crippen LogP contribution < -0.4 is 0 Å². The first-order valence-electron chi connectivity index (χ1n) is 7.10. The Hall–Kier alpha value is -1.96. The molecule has 1 saturated carbocycles. The van der Waals surface area contributed by atoms with Crippen LogP contribution in [-0.4, -0.2) is 5.78 Å². The van der Waals surface area contributed by atoms with Gasteiger partial charge in [-0.15, -0.1) is 0 Å². The monoisotopic (exact) mass is 268 g/mol. The van der Waals surface area contributed by atoms with Gasteiger partial charge >= 0.3 is 0 Å². The van der Waals surface area contributed by atoms with E-state index in [1.807, 2.05) is 18.2 Å². The molecule has 0 unspecified atom stereocenters. The van der Waals surface area contributed by atoms with E-state index in [1.54, 1.807) is 12.1 Å². The van der Waals surface area contributed by atoms with Crippen molar-refractivity contribution in [1.82, 2.24) is 0 Å². The van der Waals surface area contributed by atoms with Crippen LogP contribution in [0.25, 0.3) is 0 Å². The van der Waals surface area contributed by atoms with Crippen molar-refractivity contribution in [2.24, 2.45) is 0 Å². The number of ketones is 1. The quantitative estimate of drug-likeness (QED) is 0.745. The van der Waals surface area contributed by atoms with E-state index in [0.29, 0.717) is 5.92 Å². The van der Waals surface area contributed by atoms with Gasteiger partial charge in [-0.1, -0.05) is 42.8 Å². The van der Waals surface area contributed by atoms with Gasteiger partial charge in [-0.2, -0.15) is 0 Å². The number of benzene rings is 2. The van der Waals surface area contributed by atoms with Gasteiger partial charge in [0.25, 0.3) is 0 Å². The van der Waals surface area contributed by atoms with Gasteiger partial charge in [-0.25, -0.2) is 4.39 Å². The van der Waals surface area contributed by atoms with Crippen LogP contribution in [0.4, 0.5) is 4.39 Å². The van der Waals surface area contributed by atoms with Crippen LogP contribution in [0.5, 0.6) is 0 Å². The third-order valence-electron chi connectivity index (χ3n) is 4.06. The van der Waals surface area contributed by atoms with E-state index in [-0.39, 0.29) is 18.0 Å². The van der Waals surface area contributed by atoms with Crippen LogP contribution in [0, 0.1) is 5.82 Å². The minimum atomic E-state index is -0.289. The molecule has 0 saturated heterocycles. The smallest absolute Gasteiger partial charge is 0.167 e. The molecule has 2 heteroatoms. The number of carbonyl (C=O) groups is 1. The Bertz CT molecular complexity index is 629. The van der Waals surface area contributed by atoms with E-state index in [9.17, 15) is 9.18 Å². The van der Waals surface area contributed by atoms with Gasteiger partial charge in [-0.3, -0.25) is 4.79 Å². The molecule has 0 spiro atoms. The normalized spacial score (nSPS) is 14.8. The Morgan fingerprint density at radius 2 is 1.90 bits per heavy atom. The molecular weight excluding hydrogens is 251 g/mol. The lowest BCUT2D eigenvalue weighted by atomic mass is 9.77. The lowest BCUT2D eigenvalue weighted by molar-refractivity contribution is 0.0991. The van der Waals surface area contributed by atoms with Gasteiger partial charge in [-0.05, 0) is 42.0 Å². The lowest BCUT2D eigenvalue weighted by Gasteiger charge is -2.27. The first kappa shape index (κ1) is 13.0. The average molecular weight is 268 g/mol. The van der Waals surface area contributed by atoms with Crippen LogP contribution in [0.1, 0.15) is 46.7 Å². The summed E-state index contributed by atoms with van der Waals surface area (Å²) in [6.07, 6.45) is 3.85. The highest BCUT2D eigenvalue weighted by Gasteiger charge is 2.24. The SMILES string of the molecule is O=C(Cc1cccc(F)c1)c1ccccc1C1CCC1. The summed E-state index contributed by atoms with van der Waals surface area (Å²) in [5, 5.41) is 0. The summed E-state index contributed by atoms with van der Waals surface area (Å²) in [6, 6.07) is 14.1. The molecule has 1 fully saturated rings. The minimum Gasteiger partial charge on any atom is -0.294 e. The summed E-state index contributed by atoms with van der Waals surface area (Å²) in [5.41, 5.74) is 2.71. The van der Waals surface area contributed by atoms with Crippen molar-refractivity contribution in [3.05, 3.63) is 71.0 Å². The van der Waals surface area contributed by atoms with Gasteiger partial charge < -0.3 is 0 Å². The number of rotatable bonds is 4. The standard InChI is InChI=1S/C18H17FO/c19-15-8-3-5-13(11-15)12-18(20)17-10-2-1-9-16(17)14-6-4-7-14/h1-3,5,8-11,14H,4,6-7,12H2. The number of carbonyl (C=O) groups excluding carboxylic acids is 1. The second-order valence-corrected chi connectivity index (χ2v) is 5.44. The molecule has 0 N–H and O–H groups in total. The predicted octanol–water partition coefficient (Wildman–Crippen LogP) is 4.52. The zero-order chi connectivity index (χ0) is 13.9. The van der Waals surface area contributed by atoms with E-state index in [0.717, 1.165) is 11.1 Å². The second kappa shape index (κ2) is 5.58. The van der Waals surface area contributed by atoms with E-state index < -0.39 is 0 Å². The molecule has 2 aromatic rings. The first-order valence-corrected chi connectivity index (χ1v) is 7.10. The van der Waals surface area contributed by atoms with Crippen molar-refractivity contribution >= 4 is 5.78 Å². The molecule has 1 nitrogen and oxygen atoms in total. The Balaban J connectivity index is 1.83. The third kappa shape index (κ3) is 2.64. The third-order valence-corrected chi connectivity index (χ3v) is 4.06. The summed E-state index contributed by atoms with van der Waals surface area (Å²) in [7, 11) is 0. The summed E-state index contributed by atoms with van der Waals surface area (Å²) in [4.78, 5) is 12.5. The average Bonchev–Trinajstić information content (AvgIpc) is 2.37. The van der Waals surface area contributed by atoms with Crippen LogP contribution in [-0.2, 0) is 6.42 Å². The first-order chi connectivity index (χ1) is 9.74. The molecule has 0 bridgehead atoms. The number of hydrogen-bond donors (Lipinski definition) is 0. The van der Waals surface area contributed by atoms with Gasteiger partial charge in [0.2, 0.25) is 0 Å². The van der Waals surface area contributed by atoms with Crippen LogP contribution in [0.2, 0.25) is 0 Å². The zero-order valence-electron chi connectivity index (χ0n) is 11.3. The fraction of sp³-hybridized carbons (Fsp3) is 0.278. The van der Waals surface area contributed by atoms with Gasteiger partial charge in [0.15, 0.2) is 5.78 Å². The maximum atomic E-state index is 13.2. The van der Waals surface area contributed by atoms with Crippen molar-refractivity contribution in [2.45, 2.75) is 31.6 Å². The summed E-state index contributed by atoms with van der Waals surface area (Å²) >= 11 is 0. The molecule has 2 aromatic carbocycles. The van der Waals surface area contributed by atoms with Gasteiger partial charge in [0.1, 0.15) is 5.82 Å². The largest absolute Gasteiger partial charge is 0.294 e. The molecular formula is C18H17FO. The predicted molar refractivity (Wildman–Crippen MR) is 77.5 cm³/mol. The fourth-order valence-electron chi connectivity index (χ4n) is 2.75. The molecule has 0 aliphatic heterocycles. The summed E-state index contributed by atoms with van der Waals surface area (Å²) in [5.74, 6) is 0.323. The molecule has 1 aliphatic carbocycles. The van der Waals surface area contributed by atoms with E-state index in [2.05, 4.69) is 6.07 Å². The molecule has 20 heavy (non-hydrogen) atoms. The highest BCUT2D eigenvalue weighted by molar-refractivity contribution is 5.99. The highest BCUT2D eigenvalue weighted by atomic mass is 19.1. The van der Waals surface area contributed by atoms with Crippen molar-refractivity contribution in [1.29, 1.82) is 0 Å². The van der Waals surface area contributed by atoms with Gasteiger partial charge in [0, 0.05) is 12.0 Å². The maximum Gasteiger partial charge on any atom is 0.167 e. The van der Waals surface area contributed by atoms with Crippen LogP contribution in [0.3, 0.4) is 0 Å². The molecule has 0 atom stereocenters. The van der Waals surface area contributed by atoms with Crippen LogP contribution >= 0.6 is 0 Å². The van der Waals surface area contributed by atoms with Crippen LogP contribution in [0.15, 0.2) is 48.5 Å². The number of Topliss-reactive ketones (excluding diaryl/α,β-unsaturated/α-hetero) is 1. The van der Waals surface area contributed by atoms with Gasteiger partial charge in [0.05, 0.1) is 0 Å². The maximum absolute atomic E-state index is 13.2. The molecule has 0 heterocycles. The molecule has 0 radical (unpaired) electrons. The van der Waals surface area contributed by atoms with E-state index in [4.69, 9.17) is 0 Å². The Kier molecular flexibility index (Phi) is 3.64. The Morgan fingerprint density at radius 1 is 1.10 bits per heavy atom. The summed E-state index contributed by atoms with van der Waals surface area (Å²) < 4.78 is 13.2. The molecule has 0 amide bonds. The van der Waals surface area contributed by atoms with Crippen molar-refractivity contribution in [2.75, 3.05) is 0 Å². The number of halogens is 1. The zero-order valence-corrected chi connectivity index (χ0v) is 11.3. The Morgan fingerprint density at radius 3 is 2.60 bits per heavy atom. The molecule has 3 rings (SSSR count). The van der Waals surface area contributed by atoms with E-state index >= 15 is 0 Å². The Labute approximate surface area is 118 Å². The van der Waals surface area contributed by atoms with Crippen molar-refractivity contribution in [3.63, 3.8) is 0 Å². The van der Waals surface area contributed by atoms with Crippen molar-refractivity contribution in [3.8, 4) is 0 Å². The van der Waals surface area contributed by atoms with E-state index in [1.165, 1.54) is 37.0 Å². The molecule has 102 valence electrons. The molecule has 0 aromatic heterocycles. The minimum absolute atomic E-state index is 0.0816. The van der Waals surface area contributed by atoms with Crippen molar-refractivity contribution < 1.29 is 9.18 Å². The fourth-order valence-corrected chi connectivity index (χ4v) is 2.75. The highest BCUT2D eigenvalue weighted by Crippen LogP contribution is 2.38. The topological polar surface area (TPSA) is 17.1 Å². The lowest BCUT2D eigenvalue weighted by Crippen LogP contribution is -2.15.